The predicted molar refractivity (Wildman–Crippen MR) is 57.7 cm³/mol. The Balaban J connectivity index is 3.16. The number of nitro groups is 1. The van der Waals surface area contributed by atoms with Gasteiger partial charge < -0.3 is 4.74 Å². The van der Waals surface area contributed by atoms with E-state index in [2.05, 4.69) is 4.74 Å². The first-order valence-electron chi connectivity index (χ1n) is 4.43. The third kappa shape index (κ3) is 4.56. The van der Waals surface area contributed by atoms with Gasteiger partial charge in [-0.1, -0.05) is 0 Å². The highest BCUT2D eigenvalue weighted by Crippen LogP contribution is 2.32. The van der Waals surface area contributed by atoms with Crippen molar-refractivity contribution in [3.05, 3.63) is 28.3 Å². The minimum atomic E-state index is -4.68. The maximum Gasteiger partial charge on any atom is 0.422 e. The van der Waals surface area contributed by atoms with Gasteiger partial charge in [0.05, 0.1) is 9.82 Å². The summed E-state index contributed by atoms with van der Waals surface area (Å²) < 4.78 is 61.9. The Morgan fingerprint density at radius 1 is 1.37 bits per heavy atom. The average Bonchev–Trinajstić information content (AvgIpc) is 2.23. The van der Waals surface area contributed by atoms with Gasteiger partial charge in [-0.15, -0.1) is 0 Å². The molecule has 0 aliphatic carbocycles. The molecule has 1 aromatic rings. The van der Waals surface area contributed by atoms with E-state index >= 15 is 0 Å². The average molecular weight is 320 g/mol. The monoisotopic (exact) mass is 319 g/mol. The van der Waals surface area contributed by atoms with Crippen molar-refractivity contribution in [1.82, 2.24) is 0 Å². The molecule has 0 N–H and O–H groups in total. The number of nitrogens with zero attached hydrogens (tertiary/aromatic N) is 1. The van der Waals surface area contributed by atoms with Crippen molar-refractivity contribution in [2.75, 3.05) is 6.61 Å². The summed E-state index contributed by atoms with van der Waals surface area (Å²) in [4.78, 5) is 8.95. The highest BCUT2D eigenvalue weighted by atomic mass is 35.7. The molecule has 0 saturated carbocycles. The van der Waals surface area contributed by atoms with Crippen LogP contribution in [-0.4, -0.2) is 26.1 Å². The van der Waals surface area contributed by atoms with Gasteiger partial charge in [0.1, 0.15) is 0 Å². The number of hydrogen-bond acceptors (Lipinski definition) is 5. The number of hydrogen-bond donors (Lipinski definition) is 0. The summed E-state index contributed by atoms with van der Waals surface area (Å²) in [6.07, 6.45) is -4.68. The maximum absolute atomic E-state index is 11.9. The van der Waals surface area contributed by atoms with E-state index in [0.717, 1.165) is 12.1 Å². The number of nitro benzene ring substituents is 1. The number of benzene rings is 1. The fraction of sp³-hybridized carbons (Fsp3) is 0.250. The zero-order valence-electron chi connectivity index (χ0n) is 8.85. The summed E-state index contributed by atoms with van der Waals surface area (Å²) in [5, 5.41) is 10.6. The van der Waals surface area contributed by atoms with Crippen molar-refractivity contribution in [2.45, 2.75) is 11.1 Å². The van der Waals surface area contributed by atoms with E-state index in [0.29, 0.717) is 6.07 Å². The molecule has 0 heterocycles. The third-order valence-corrected chi connectivity index (χ3v) is 3.15. The van der Waals surface area contributed by atoms with Crippen LogP contribution < -0.4 is 4.74 Å². The van der Waals surface area contributed by atoms with Crippen LogP contribution >= 0.6 is 10.7 Å². The smallest absolute Gasteiger partial charge is 0.422 e. The van der Waals surface area contributed by atoms with Crippen LogP contribution in [0.1, 0.15) is 0 Å². The van der Waals surface area contributed by atoms with Crippen molar-refractivity contribution >= 4 is 25.4 Å². The third-order valence-electron chi connectivity index (χ3n) is 1.80. The predicted octanol–water partition coefficient (Wildman–Crippen LogP) is 2.46. The molecule has 1 rings (SSSR count). The fourth-order valence-electron chi connectivity index (χ4n) is 1.07. The lowest BCUT2D eigenvalue weighted by Crippen LogP contribution is -2.19. The summed E-state index contributed by atoms with van der Waals surface area (Å²) in [6, 6.07) is 2.06. The minimum Gasteiger partial charge on any atom is -0.477 e. The number of halogens is 4. The van der Waals surface area contributed by atoms with Gasteiger partial charge >= 0.3 is 11.9 Å². The van der Waals surface area contributed by atoms with E-state index in [1.165, 1.54) is 0 Å². The van der Waals surface area contributed by atoms with Crippen LogP contribution in [0.2, 0.25) is 0 Å². The van der Waals surface area contributed by atoms with Crippen molar-refractivity contribution < 1.29 is 31.2 Å². The zero-order valence-corrected chi connectivity index (χ0v) is 10.4. The lowest BCUT2D eigenvalue weighted by molar-refractivity contribution is -0.386. The molecule has 0 fully saturated rings. The van der Waals surface area contributed by atoms with Crippen LogP contribution in [0.4, 0.5) is 18.9 Å². The summed E-state index contributed by atoms with van der Waals surface area (Å²) >= 11 is 0. The van der Waals surface area contributed by atoms with Crippen LogP contribution in [-0.2, 0) is 9.05 Å². The SMILES string of the molecule is O=[N+]([O-])c1cc(S(=O)(=O)Cl)ccc1OCC(F)(F)F. The molecule has 0 atom stereocenters. The molecule has 0 aliphatic heterocycles. The van der Waals surface area contributed by atoms with E-state index in [9.17, 15) is 31.7 Å². The van der Waals surface area contributed by atoms with E-state index in [-0.39, 0.29) is 0 Å². The summed E-state index contributed by atoms with van der Waals surface area (Å²) in [5.41, 5.74) is -0.925. The first kappa shape index (κ1) is 15.5. The highest BCUT2D eigenvalue weighted by molar-refractivity contribution is 8.13. The second-order valence-electron chi connectivity index (χ2n) is 3.23. The lowest BCUT2D eigenvalue weighted by atomic mass is 10.3. The lowest BCUT2D eigenvalue weighted by Gasteiger charge is -2.09. The van der Waals surface area contributed by atoms with Gasteiger partial charge in [-0.05, 0) is 12.1 Å². The summed E-state index contributed by atoms with van der Waals surface area (Å²) in [6.45, 7) is -1.74. The molecular weight excluding hydrogens is 315 g/mol. The molecule has 19 heavy (non-hydrogen) atoms. The van der Waals surface area contributed by atoms with E-state index in [1.54, 1.807) is 0 Å². The molecule has 0 unspecified atom stereocenters. The molecular formula is C8H5ClF3NO5S. The first-order valence-corrected chi connectivity index (χ1v) is 6.74. The van der Waals surface area contributed by atoms with Crippen molar-refractivity contribution in [1.29, 1.82) is 0 Å². The Morgan fingerprint density at radius 2 is 1.95 bits per heavy atom. The van der Waals surface area contributed by atoms with Crippen molar-refractivity contribution in [3.8, 4) is 5.75 Å². The van der Waals surface area contributed by atoms with Crippen LogP contribution in [0.3, 0.4) is 0 Å². The van der Waals surface area contributed by atoms with Gasteiger partial charge in [0.15, 0.2) is 12.4 Å². The van der Waals surface area contributed by atoms with Gasteiger partial charge in [0, 0.05) is 16.7 Å². The minimum absolute atomic E-state index is 0.522. The molecule has 0 radical (unpaired) electrons. The van der Waals surface area contributed by atoms with Crippen LogP contribution in [0, 0.1) is 10.1 Å². The number of rotatable bonds is 4. The summed E-state index contributed by atoms with van der Waals surface area (Å²) in [5.74, 6) is -0.702. The van der Waals surface area contributed by atoms with Gasteiger partial charge in [0.25, 0.3) is 9.05 Å². The molecule has 6 nitrogen and oxygen atoms in total. The second-order valence-corrected chi connectivity index (χ2v) is 5.79. The molecule has 0 saturated heterocycles. The molecule has 11 heteroatoms. The molecule has 0 bridgehead atoms. The van der Waals surface area contributed by atoms with Crippen molar-refractivity contribution in [2.24, 2.45) is 0 Å². The number of alkyl halides is 3. The molecule has 1 aromatic carbocycles. The Morgan fingerprint density at radius 3 is 2.37 bits per heavy atom. The van der Waals surface area contributed by atoms with Crippen LogP contribution in [0.5, 0.6) is 5.75 Å². The van der Waals surface area contributed by atoms with E-state index in [4.69, 9.17) is 10.7 Å². The maximum atomic E-state index is 11.9. The number of ether oxygens (including phenoxy) is 1. The molecule has 0 aliphatic rings. The quantitative estimate of drug-likeness (QED) is 0.483. The van der Waals surface area contributed by atoms with E-state index < -0.39 is 43.1 Å². The largest absolute Gasteiger partial charge is 0.477 e. The standard InChI is InChI=1S/C8H5ClF3NO5S/c9-19(16,17)5-1-2-7(6(3-5)13(14)15)18-4-8(10,11)12/h1-3H,4H2. The van der Waals surface area contributed by atoms with Crippen LogP contribution in [0.25, 0.3) is 0 Å². The van der Waals surface area contributed by atoms with Crippen LogP contribution in [0.15, 0.2) is 23.1 Å². The topological polar surface area (TPSA) is 86.5 Å². The molecule has 0 aromatic heterocycles. The Bertz CT molecular complexity index is 601. The second kappa shape index (κ2) is 5.21. The van der Waals surface area contributed by atoms with Gasteiger partial charge in [-0.25, -0.2) is 8.42 Å². The Kier molecular flexibility index (Phi) is 4.25. The first-order chi connectivity index (χ1) is 8.50. The molecule has 106 valence electrons. The highest BCUT2D eigenvalue weighted by Gasteiger charge is 2.30. The zero-order chi connectivity index (χ0) is 14.8. The van der Waals surface area contributed by atoms with Gasteiger partial charge in [-0.2, -0.15) is 13.2 Å². The molecule has 0 amide bonds. The summed E-state index contributed by atoms with van der Waals surface area (Å²) in [7, 11) is 0.737. The van der Waals surface area contributed by atoms with E-state index in [1.807, 2.05) is 0 Å². The Labute approximate surface area is 109 Å². The van der Waals surface area contributed by atoms with Crippen molar-refractivity contribution in [3.63, 3.8) is 0 Å². The molecule has 0 spiro atoms. The normalized spacial score (nSPS) is 12.2. The Hall–Kier alpha value is -1.55. The van der Waals surface area contributed by atoms with Gasteiger partial charge in [-0.3, -0.25) is 10.1 Å². The van der Waals surface area contributed by atoms with Gasteiger partial charge in [0.2, 0.25) is 0 Å². The fourth-order valence-corrected chi connectivity index (χ4v) is 1.84.